The predicted octanol–water partition coefficient (Wildman–Crippen LogP) is 5.98. The highest BCUT2D eigenvalue weighted by Crippen LogP contribution is 2.36. The van der Waals surface area contributed by atoms with Gasteiger partial charge in [0.1, 0.15) is 5.82 Å². The third kappa shape index (κ3) is 4.19. The standard InChI is InChI=1S/C21H17Cl2FN4OS/c1-13-3-6-16(22)19-18(13)26-21(30-19)28(9-2-8-27-10-7-25-12-27)20(29)15-5-4-14(24)11-17(15)23/h3-7,10-12H,2,8-9H2,1H3. The summed E-state index contributed by atoms with van der Waals surface area (Å²) in [6, 6.07) is 7.48. The fourth-order valence-corrected chi connectivity index (χ4v) is 4.72. The molecule has 0 saturated carbocycles. The van der Waals surface area contributed by atoms with Crippen molar-refractivity contribution < 1.29 is 9.18 Å². The van der Waals surface area contributed by atoms with Crippen LogP contribution in [0.4, 0.5) is 9.52 Å². The number of aromatic nitrogens is 3. The lowest BCUT2D eigenvalue weighted by molar-refractivity contribution is 0.0986. The maximum atomic E-state index is 13.5. The molecule has 4 aromatic rings. The van der Waals surface area contributed by atoms with Gasteiger partial charge < -0.3 is 4.57 Å². The second-order valence-corrected chi connectivity index (χ2v) is 8.57. The maximum absolute atomic E-state index is 13.5. The van der Waals surface area contributed by atoms with Crippen LogP contribution in [0.1, 0.15) is 22.3 Å². The van der Waals surface area contributed by atoms with Gasteiger partial charge in [-0.15, -0.1) is 0 Å². The number of nitrogens with zero attached hydrogens (tertiary/aromatic N) is 4. The normalized spacial score (nSPS) is 11.2. The number of hydrogen-bond acceptors (Lipinski definition) is 4. The molecule has 1 amide bonds. The predicted molar refractivity (Wildman–Crippen MR) is 119 cm³/mol. The van der Waals surface area contributed by atoms with Crippen LogP contribution >= 0.6 is 34.5 Å². The summed E-state index contributed by atoms with van der Waals surface area (Å²) in [6.45, 7) is 3.04. The fourth-order valence-electron chi connectivity index (χ4n) is 3.13. The summed E-state index contributed by atoms with van der Waals surface area (Å²) in [5.41, 5.74) is 1.96. The first-order valence-corrected chi connectivity index (χ1v) is 10.8. The molecule has 9 heteroatoms. The van der Waals surface area contributed by atoms with Crippen LogP contribution < -0.4 is 4.90 Å². The molecule has 0 aliphatic heterocycles. The van der Waals surface area contributed by atoms with E-state index >= 15 is 0 Å². The lowest BCUT2D eigenvalue weighted by Gasteiger charge is -2.20. The van der Waals surface area contributed by atoms with E-state index in [0.717, 1.165) is 21.8 Å². The number of carbonyl (C=O) groups is 1. The molecule has 2 aromatic carbocycles. The zero-order valence-corrected chi connectivity index (χ0v) is 18.3. The van der Waals surface area contributed by atoms with Gasteiger partial charge in [-0.3, -0.25) is 9.69 Å². The van der Waals surface area contributed by atoms with Crippen LogP contribution in [-0.2, 0) is 6.54 Å². The molecule has 0 radical (unpaired) electrons. The third-order valence-electron chi connectivity index (χ3n) is 4.68. The van der Waals surface area contributed by atoms with Crippen molar-refractivity contribution in [2.75, 3.05) is 11.4 Å². The van der Waals surface area contributed by atoms with Gasteiger partial charge in [-0.2, -0.15) is 0 Å². The number of amides is 1. The van der Waals surface area contributed by atoms with E-state index in [1.165, 1.54) is 23.5 Å². The first-order chi connectivity index (χ1) is 14.4. The van der Waals surface area contributed by atoms with Crippen LogP contribution in [0.15, 0.2) is 49.1 Å². The summed E-state index contributed by atoms with van der Waals surface area (Å²) >= 11 is 13.9. The number of rotatable bonds is 6. The van der Waals surface area contributed by atoms with Crippen LogP contribution in [0.3, 0.4) is 0 Å². The van der Waals surface area contributed by atoms with E-state index < -0.39 is 5.82 Å². The van der Waals surface area contributed by atoms with Crippen LogP contribution in [0.5, 0.6) is 0 Å². The molecule has 0 aliphatic carbocycles. The van der Waals surface area contributed by atoms with Gasteiger partial charge in [0, 0.05) is 25.5 Å². The van der Waals surface area contributed by atoms with E-state index in [2.05, 4.69) is 9.97 Å². The average Bonchev–Trinajstić information content (AvgIpc) is 3.38. The lowest BCUT2D eigenvalue weighted by atomic mass is 10.2. The SMILES string of the molecule is Cc1ccc(Cl)c2sc(N(CCCn3ccnc3)C(=O)c3ccc(F)cc3Cl)nc12. The first kappa shape index (κ1) is 20.8. The van der Waals surface area contributed by atoms with Gasteiger partial charge in [0.2, 0.25) is 0 Å². The van der Waals surface area contributed by atoms with Crippen LogP contribution in [-0.4, -0.2) is 27.0 Å². The monoisotopic (exact) mass is 462 g/mol. The second kappa shape index (κ2) is 8.71. The van der Waals surface area contributed by atoms with Gasteiger partial charge in [-0.05, 0) is 43.2 Å². The van der Waals surface area contributed by atoms with Crippen LogP contribution in [0.2, 0.25) is 10.0 Å². The van der Waals surface area contributed by atoms with Crippen molar-refractivity contribution in [2.24, 2.45) is 0 Å². The number of anilines is 1. The molecule has 154 valence electrons. The van der Waals surface area contributed by atoms with Crippen molar-refractivity contribution in [1.29, 1.82) is 0 Å². The molecule has 2 aromatic heterocycles. The topological polar surface area (TPSA) is 51.0 Å². The summed E-state index contributed by atoms with van der Waals surface area (Å²) in [7, 11) is 0. The van der Waals surface area contributed by atoms with E-state index in [9.17, 15) is 9.18 Å². The minimum atomic E-state index is -0.495. The highest BCUT2D eigenvalue weighted by molar-refractivity contribution is 7.23. The van der Waals surface area contributed by atoms with Crippen molar-refractivity contribution in [3.05, 3.63) is 76.0 Å². The number of benzene rings is 2. The van der Waals surface area contributed by atoms with Crippen molar-refractivity contribution in [1.82, 2.24) is 14.5 Å². The Balaban J connectivity index is 1.70. The summed E-state index contributed by atoms with van der Waals surface area (Å²) in [5.74, 6) is -0.830. The van der Waals surface area contributed by atoms with E-state index in [-0.39, 0.29) is 16.5 Å². The summed E-state index contributed by atoms with van der Waals surface area (Å²) in [6.07, 6.45) is 5.97. The van der Waals surface area contributed by atoms with Gasteiger partial charge in [-0.1, -0.05) is 40.6 Å². The summed E-state index contributed by atoms with van der Waals surface area (Å²) in [4.78, 5) is 23.6. The molecule has 2 heterocycles. The second-order valence-electron chi connectivity index (χ2n) is 6.77. The lowest BCUT2D eigenvalue weighted by Crippen LogP contribution is -2.32. The highest BCUT2D eigenvalue weighted by Gasteiger charge is 2.24. The zero-order valence-electron chi connectivity index (χ0n) is 16.0. The molecule has 0 N–H and O–H groups in total. The Hall–Kier alpha value is -2.48. The van der Waals surface area contributed by atoms with E-state index in [1.54, 1.807) is 17.4 Å². The van der Waals surface area contributed by atoms with Gasteiger partial charge in [-0.25, -0.2) is 14.4 Å². The molecule has 30 heavy (non-hydrogen) atoms. The van der Waals surface area contributed by atoms with E-state index in [0.29, 0.717) is 29.7 Å². The number of imidazole rings is 1. The van der Waals surface area contributed by atoms with Crippen molar-refractivity contribution in [3.8, 4) is 0 Å². The maximum Gasteiger partial charge on any atom is 0.261 e. The molecule has 4 rings (SSSR count). The van der Waals surface area contributed by atoms with Crippen LogP contribution in [0.25, 0.3) is 10.2 Å². The molecule has 0 spiro atoms. The number of fused-ring (bicyclic) bond motifs is 1. The molecule has 0 fully saturated rings. The molecular weight excluding hydrogens is 446 g/mol. The van der Waals surface area contributed by atoms with Gasteiger partial charge in [0.15, 0.2) is 5.13 Å². The number of hydrogen-bond donors (Lipinski definition) is 0. The van der Waals surface area contributed by atoms with Crippen molar-refractivity contribution >= 4 is 55.8 Å². The fraction of sp³-hybridized carbons (Fsp3) is 0.190. The van der Waals surface area contributed by atoms with E-state index in [1.807, 2.05) is 29.8 Å². The Morgan fingerprint density at radius 1 is 1.23 bits per heavy atom. The largest absolute Gasteiger partial charge is 0.337 e. The van der Waals surface area contributed by atoms with E-state index in [4.69, 9.17) is 23.2 Å². The molecule has 0 bridgehead atoms. The van der Waals surface area contributed by atoms with Gasteiger partial charge in [0.25, 0.3) is 5.91 Å². The quantitative estimate of drug-likeness (QED) is 0.353. The minimum Gasteiger partial charge on any atom is -0.337 e. The Labute approximate surface area is 186 Å². The Bertz CT molecular complexity index is 1170. The Morgan fingerprint density at radius 3 is 2.77 bits per heavy atom. The highest BCUT2D eigenvalue weighted by atomic mass is 35.5. The molecule has 0 atom stereocenters. The third-order valence-corrected chi connectivity index (χ3v) is 6.53. The summed E-state index contributed by atoms with van der Waals surface area (Å²) in [5, 5.41) is 1.18. The molecule has 0 aliphatic rings. The molecule has 5 nitrogen and oxygen atoms in total. The average molecular weight is 463 g/mol. The zero-order chi connectivity index (χ0) is 21.3. The van der Waals surface area contributed by atoms with Gasteiger partial charge in [0.05, 0.1) is 32.2 Å². The smallest absolute Gasteiger partial charge is 0.261 e. The number of carbonyl (C=O) groups excluding carboxylic acids is 1. The number of aryl methyl sites for hydroxylation is 2. The van der Waals surface area contributed by atoms with Gasteiger partial charge >= 0.3 is 0 Å². The molecule has 0 saturated heterocycles. The van der Waals surface area contributed by atoms with Crippen molar-refractivity contribution in [3.63, 3.8) is 0 Å². The van der Waals surface area contributed by atoms with Crippen LogP contribution in [0, 0.1) is 12.7 Å². The number of thiazole rings is 1. The number of halogens is 3. The summed E-state index contributed by atoms with van der Waals surface area (Å²) < 4.78 is 16.2. The molecular formula is C21H17Cl2FN4OS. The first-order valence-electron chi connectivity index (χ1n) is 9.22. The minimum absolute atomic E-state index is 0.0648. The van der Waals surface area contributed by atoms with Crippen molar-refractivity contribution in [2.45, 2.75) is 19.9 Å². The Kier molecular flexibility index (Phi) is 6.04. The molecule has 0 unspecified atom stereocenters. The Morgan fingerprint density at radius 2 is 2.07 bits per heavy atom.